The Labute approximate surface area is 209 Å². The number of benzene rings is 1. The minimum Gasteiger partial charge on any atom is -0.545 e. The molecule has 4 aromatic rings. The Kier molecular flexibility index (Phi) is 5.29. The van der Waals surface area contributed by atoms with E-state index in [0.29, 0.717) is 5.92 Å². The maximum absolute atomic E-state index is 12.8. The van der Waals surface area contributed by atoms with Crippen LogP contribution in [0, 0.1) is 13.8 Å². The maximum Gasteiger partial charge on any atom is 1.00 e. The molecule has 1 saturated carbocycles. The first-order valence-corrected chi connectivity index (χ1v) is 9.30. The SMILES string of the molecule is Cc1cn2c(=O)c(C(=O)[O-])cc(C3CC3)c2c(C)c1-c1ccc2[nH]ncc2c1.[K+]. The number of hydrogen-bond donors (Lipinski definition) is 1. The number of aromatic carboxylic acids is 1. The van der Waals surface area contributed by atoms with Gasteiger partial charge in [0.15, 0.2) is 0 Å². The van der Waals surface area contributed by atoms with Gasteiger partial charge in [0.05, 0.1) is 28.8 Å². The molecule has 1 aliphatic rings. The molecule has 5 rings (SSSR count). The number of carboxylic acids is 1. The average molecular weight is 412 g/mol. The minimum atomic E-state index is -1.42. The summed E-state index contributed by atoms with van der Waals surface area (Å²) in [6.45, 7) is 3.94. The van der Waals surface area contributed by atoms with Crippen molar-refractivity contribution < 1.29 is 61.3 Å². The number of aromatic nitrogens is 3. The third kappa shape index (κ3) is 3.31. The van der Waals surface area contributed by atoms with Crippen LogP contribution < -0.4 is 62.1 Å². The number of nitrogens with zero attached hydrogens (tertiary/aromatic N) is 2. The Morgan fingerprint density at radius 2 is 2.00 bits per heavy atom. The van der Waals surface area contributed by atoms with Gasteiger partial charge in [-0.1, -0.05) is 6.07 Å². The molecule has 1 N–H and O–H groups in total. The van der Waals surface area contributed by atoms with Gasteiger partial charge in [-0.15, -0.1) is 0 Å². The molecule has 140 valence electrons. The van der Waals surface area contributed by atoms with Gasteiger partial charge in [0.2, 0.25) is 0 Å². The summed E-state index contributed by atoms with van der Waals surface area (Å²) in [5.41, 5.74) is 5.88. The first-order chi connectivity index (χ1) is 13.5. The normalized spacial score (nSPS) is 13.6. The van der Waals surface area contributed by atoms with Crippen LogP contribution in [-0.4, -0.2) is 20.6 Å². The van der Waals surface area contributed by atoms with Crippen molar-refractivity contribution in [3.63, 3.8) is 0 Å². The smallest absolute Gasteiger partial charge is 0.545 e. The van der Waals surface area contributed by atoms with E-state index in [-0.39, 0.29) is 56.9 Å². The first-order valence-electron chi connectivity index (χ1n) is 9.30. The average Bonchev–Trinajstić information content (AvgIpc) is 3.39. The molecule has 0 bridgehead atoms. The van der Waals surface area contributed by atoms with Gasteiger partial charge in [-0.05, 0) is 78.6 Å². The zero-order valence-electron chi connectivity index (χ0n) is 16.6. The molecule has 0 unspecified atom stereocenters. The molecule has 1 aliphatic carbocycles. The first kappa shape index (κ1) is 20.5. The van der Waals surface area contributed by atoms with Crippen LogP contribution >= 0.6 is 0 Å². The Balaban J connectivity index is 0.00000205. The molecule has 0 spiro atoms. The summed E-state index contributed by atoms with van der Waals surface area (Å²) in [6, 6.07) is 7.63. The number of carbonyl (C=O) groups excluding carboxylic acids is 1. The Morgan fingerprint density at radius 3 is 2.69 bits per heavy atom. The number of rotatable bonds is 3. The van der Waals surface area contributed by atoms with E-state index in [0.717, 1.165) is 57.1 Å². The van der Waals surface area contributed by atoms with Crippen LogP contribution in [0.5, 0.6) is 0 Å². The van der Waals surface area contributed by atoms with Crippen molar-refractivity contribution >= 4 is 22.4 Å². The standard InChI is InChI=1S/C22H19N3O3.K/c1-11-10-25-20(16(13-3-4-13)8-17(21(25)26)22(27)28)12(2)19(11)14-5-6-18-15(7-14)9-23-24-18;/h5-10,13H,3-4H2,1-2H3,(H,23,24)(H,27,28);/q;+1/p-1. The maximum atomic E-state index is 12.8. The summed E-state index contributed by atoms with van der Waals surface area (Å²) in [7, 11) is 0. The second-order valence-corrected chi connectivity index (χ2v) is 7.58. The Hall–Kier alpha value is -1.77. The molecule has 0 atom stereocenters. The number of aryl methyl sites for hydroxylation is 2. The Morgan fingerprint density at radius 1 is 1.24 bits per heavy atom. The van der Waals surface area contributed by atoms with Gasteiger partial charge in [0.1, 0.15) is 0 Å². The van der Waals surface area contributed by atoms with E-state index in [9.17, 15) is 14.7 Å². The molecular formula is C22H18KN3O3. The largest absolute Gasteiger partial charge is 1.00 e. The summed E-state index contributed by atoms with van der Waals surface area (Å²) in [4.78, 5) is 24.3. The number of pyridine rings is 2. The number of H-pyrrole nitrogens is 1. The zero-order chi connectivity index (χ0) is 19.6. The van der Waals surface area contributed by atoms with E-state index in [4.69, 9.17) is 0 Å². The van der Waals surface area contributed by atoms with Gasteiger partial charge >= 0.3 is 51.4 Å². The van der Waals surface area contributed by atoms with Crippen LogP contribution in [0.3, 0.4) is 0 Å². The zero-order valence-corrected chi connectivity index (χ0v) is 19.7. The predicted molar refractivity (Wildman–Crippen MR) is 105 cm³/mol. The number of hydrogen-bond acceptors (Lipinski definition) is 4. The molecule has 6 nitrogen and oxygen atoms in total. The molecule has 0 radical (unpaired) electrons. The third-order valence-corrected chi connectivity index (χ3v) is 5.68. The van der Waals surface area contributed by atoms with E-state index >= 15 is 0 Å². The van der Waals surface area contributed by atoms with Crippen LogP contribution in [0.25, 0.3) is 27.5 Å². The summed E-state index contributed by atoms with van der Waals surface area (Å²) in [6.07, 6.45) is 5.54. The molecule has 3 heterocycles. The van der Waals surface area contributed by atoms with Gasteiger partial charge in [-0.25, -0.2) is 0 Å². The van der Waals surface area contributed by atoms with E-state index in [1.807, 2.05) is 26.0 Å². The molecule has 1 fully saturated rings. The molecule has 0 amide bonds. The van der Waals surface area contributed by atoms with E-state index in [1.54, 1.807) is 12.4 Å². The van der Waals surface area contributed by atoms with Gasteiger partial charge < -0.3 is 9.90 Å². The van der Waals surface area contributed by atoms with Crippen molar-refractivity contribution in [1.82, 2.24) is 14.6 Å². The van der Waals surface area contributed by atoms with Crippen LogP contribution in [0.1, 0.15) is 45.8 Å². The van der Waals surface area contributed by atoms with Crippen LogP contribution in [0.2, 0.25) is 0 Å². The second-order valence-electron chi connectivity index (χ2n) is 7.58. The van der Waals surface area contributed by atoms with E-state index in [1.165, 1.54) is 10.5 Å². The molecule has 1 aromatic carbocycles. The monoisotopic (exact) mass is 411 g/mol. The topological polar surface area (TPSA) is 90.3 Å². The van der Waals surface area contributed by atoms with Gasteiger partial charge in [-0.2, -0.15) is 5.10 Å². The van der Waals surface area contributed by atoms with Crippen molar-refractivity contribution in [2.24, 2.45) is 0 Å². The summed E-state index contributed by atoms with van der Waals surface area (Å²) in [5.74, 6) is -1.13. The van der Waals surface area contributed by atoms with Crippen molar-refractivity contribution in [2.75, 3.05) is 0 Å². The van der Waals surface area contributed by atoms with Crippen molar-refractivity contribution in [2.45, 2.75) is 32.6 Å². The number of nitrogens with one attached hydrogen (secondary N) is 1. The molecule has 0 aliphatic heterocycles. The number of carboxylic acid groups (broad SMARTS) is 1. The van der Waals surface area contributed by atoms with Gasteiger partial charge in [-0.3, -0.25) is 14.3 Å². The van der Waals surface area contributed by atoms with Crippen molar-refractivity contribution in [1.29, 1.82) is 0 Å². The third-order valence-electron chi connectivity index (χ3n) is 5.68. The quantitative estimate of drug-likeness (QED) is 0.469. The minimum absolute atomic E-state index is 0. The van der Waals surface area contributed by atoms with Crippen LogP contribution in [0.15, 0.2) is 41.5 Å². The molecule has 0 saturated heterocycles. The van der Waals surface area contributed by atoms with E-state index in [2.05, 4.69) is 16.3 Å². The number of carbonyl (C=O) groups is 1. The molecule has 29 heavy (non-hydrogen) atoms. The van der Waals surface area contributed by atoms with E-state index < -0.39 is 11.5 Å². The summed E-state index contributed by atoms with van der Waals surface area (Å²) in [5, 5.41) is 19.5. The Bertz CT molecular complexity index is 1350. The molecule has 3 aromatic heterocycles. The van der Waals surface area contributed by atoms with Crippen LogP contribution in [-0.2, 0) is 0 Å². The number of aromatic amines is 1. The fourth-order valence-electron chi connectivity index (χ4n) is 4.24. The van der Waals surface area contributed by atoms with Gasteiger partial charge in [0, 0.05) is 11.6 Å². The fraction of sp³-hybridized carbons (Fsp3) is 0.227. The molecular weight excluding hydrogens is 393 g/mol. The summed E-state index contributed by atoms with van der Waals surface area (Å²) >= 11 is 0. The predicted octanol–water partition coefficient (Wildman–Crippen LogP) is -0.295. The number of fused-ring (bicyclic) bond motifs is 2. The van der Waals surface area contributed by atoms with Crippen molar-refractivity contribution in [3.05, 3.63) is 69.3 Å². The van der Waals surface area contributed by atoms with Gasteiger partial charge in [0.25, 0.3) is 5.56 Å². The fourth-order valence-corrected chi connectivity index (χ4v) is 4.24. The molecule has 7 heteroatoms. The van der Waals surface area contributed by atoms with Crippen LogP contribution in [0.4, 0.5) is 0 Å². The summed E-state index contributed by atoms with van der Waals surface area (Å²) < 4.78 is 1.49. The second kappa shape index (κ2) is 7.48. The van der Waals surface area contributed by atoms with Crippen molar-refractivity contribution in [3.8, 4) is 11.1 Å².